The van der Waals surface area contributed by atoms with Gasteiger partial charge in [0, 0.05) is 17.9 Å². The number of imide groups is 1. The summed E-state index contributed by atoms with van der Waals surface area (Å²) in [7, 11) is 0. The number of nitrogens with zero attached hydrogens (tertiary/aromatic N) is 2. The van der Waals surface area contributed by atoms with Gasteiger partial charge >= 0.3 is 12.0 Å². The SMILES string of the molecule is Cc1ccc2nc(COc3ccc(C(=O)OCC(=O)NC(=O)NC(C)(C)C)cc3)cn2c1. The number of benzene rings is 1. The lowest BCUT2D eigenvalue weighted by Gasteiger charge is -2.20. The van der Waals surface area contributed by atoms with Crippen molar-refractivity contribution in [3.8, 4) is 5.75 Å². The summed E-state index contributed by atoms with van der Waals surface area (Å²) in [5, 5.41) is 4.68. The van der Waals surface area contributed by atoms with E-state index in [4.69, 9.17) is 9.47 Å². The lowest BCUT2D eigenvalue weighted by Crippen LogP contribution is -2.49. The number of imidazole rings is 1. The molecule has 9 heteroatoms. The number of esters is 1. The van der Waals surface area contributed by atoms with Crippen LogP contribution in [0.3, 0.4) is 0 Å². The van der Waals surface area contributed by atoms with Crippen LogP contribution in [0.25, 0.3) is 5.65 Å². The number of aromatic nitrogens is 2. The number of nitrogens with one attached hydrogen (secondary N) is 2. The molecule has 0 bridgehead atoms. The Hall–Kier alpha value is -3.88. The summed E-state index contributed by atoms with van der Waals surface area (Å²) in [6, 6.07) is 9.62. The third-order valence-electron chi connectivity index (χ3n) is 4.20. The Bertz CT molecular complexity index is 1130. The molecule has 2 aromatic heterocycles. The number of fused-ring (bicyclic) bond motifs is 1. The Morgan fingerprint density at radius 1 is 1.03 bits per heavy atom. The van der Waals surface area contributed by atoms with Crippen molar-refractivity contribution in [2.45, 2.75) is 39.8 Å². The van der Waals surface area contributed by atoms with E-state index in [9.17, 15) is 14.4 Å². The normalized spacial score (nSPS) is 11.1. The minimum atomic E-state index is -0.720. The molecule has 2 N–H and O–H groups in total. The minimum absolute atomic E-state index is 0.257. The van der Waals surface area contributed by atoms with Crippen LogP contribution >= 0.6 is 0 Å². The second kappa shape index (κ2) is 9.51. The van der Waals surface area contributed by atoms with Crippen LogP contribution in [0.15, 0.2) is 48.8 Å². The largest absolute Gasteiger partial charge is 0.487 e. The maximum Gasteiger partial charge on any atom is 0.338 e. The first-order chi connectivity index (χ1) is 15.1. The monoisotopic (exact) mass is 438 g/mol. The van der Waals surface area contributed by atoms with Crippen LogP contribution in [-0.4, -0.2) is 39.4 Å². The van der Waals surface area contributed by atoms with Gasteiger partial charge in [-0.05, 0) is 63.6 Å². The third-order valence-corrected chi connectivity index (χ3v) is 4.20. The zero-order valence-corrected chi connectivity index (χ0v) is 18.5. The fourth-order valence-electron chi connectivity index (χ4n) is 2.82. The highest BCUT2D eigenvalue weighted by Crippen LogP contribution is 2.15. The maximum absolute atomic E-state index is 12.1. The highest BCUT2D eigenvalue weighted by Gasteiger charge is 2.17. The van der Waals surface area contributed by atoms with E-state index in [1.807, 2.05) is 35.9 Å². The van der Waals surface area contributed by atoms with Crippen LogP contribution in [0.4, 0.5) is 4.79 Å². The molecular weight excluding hydrogens is 412 g/mol. The number of carbonyl (C=O) groups excluding carboxylic acids is 3. The van der Waals surface area contributed by atoms with E-state index in [-0.39, 0.29) is 12.2 Å². The number of aryl methyl sites for hydroxylation is 1. The molecule has 2 heterocycles. The highest BCUT2D eigenvalue weighted by atomic mass is 16.5. The van der Waals surface area contributed by atoms with Crippen LogP contribution in [-0.2, 0) is 16.1 Å². The lowest BCUT2D eigenvalue weighted by molar-refractivity contribution is -0.123. The molecule has 1 aromatic carbocycles. The number of carbonyl (C=O) groups is 3. The Morgan fingerprint density at radius 2 is 1.75 bits per heavy atom. The van der Waals surface area contributed by atoms with Crippen molar-refractivity contribution in [2.24, 2.45) is 0 Å². The molecule has 32 heavy (non-hydrogen) atoms. The summed E-state index contributed by atoms with van der Waals surface area (Å²) in [6.45, 7) is 7.07. The van der Waals surface area contributed by atoms with E-state index in [1.165, 1.54) is 12.1 Å². The molecule has 9 nitrogen and oxygen atoms in total. The highest BCUT2D eigenvalue weighted by molar-refractivity contribution is 5.97. The first-order valence-corrected chi connectivity index (χ1v) is 10.1. The van der Waals surface area contributed by atoms with Crippen LogP contribution in [0.1, 0.15) is 42.4 Å². The summed E-state index contributed by atoms with van der Waals surface area (Å²) < 4.78 is 12.6. The van der Waals surface area contributed by atoms with E-state index >= 15 is 0 Å². The number of pyridine rings is 1. The molecule has 0 spiro atoms. The summed E-state index contributed by atoms with van der Waals surface area (Å²) >= 11 is 0. The fourth-order valence-corrected chi connectivity index (χ4v) is 2.82. The zero-order valence-electron chi connectivity index (χ0n) is 18.5. The number of rotatable bonds is 6. The molecule has 168 valence electrons. The van der Waals surface area contributed by atoms with E-state index < -0.39 is 30.1 Å². The first kappa shape index (κ1) is 22.8. The molecule has 3 amide bonds. The van der Waals surface area contributed by atoms with E-state index in [2.05, 4.69) is 15.6 Å². The van der Waals surface area contributed by atoms with Gasteiger partial charge in [0.25, 0.3) is 5.91 Å². The molecule has 0 saturated heterocycles. The number of hydrogen-bond donors (Lipinski definition) is 2. The summed E-state index contributed by atoms with van der Waals surface area (Å²) in [5.74, 6) is -0.840. The minimum Gasteiger partial charge on any atom is -0.487 e. The van der Waals surface area contributed by atoms with Gasteiger partial charge in [-0.25, -0.2) is 14.6 Å². The van der Waals surface area contributed by atoms with Gasteiger partial charge in [0.15, 0.2) is 6.61 Å². The van der Waals surface area contributed by atoms with Gasteiger partial charge in [-0.1, -0.05) is 6.07 Å². The van der Waals surface area contributed by atoms with Crippen LogP contribution < -0.4 is 15.4 Å². The van der Waals surface area contributed by atoms with Gasteiger partial charge in [0.1, 0.15) is 18.0 Å². The zero-order chi connectivity index (χ0) is 23.3. The Labute approximate surface area is 185 Å². The molecule has 0 aliphatic rings. The Kier molecular flexibility index (Phi) is 6.77. The quantitative estimate of drug-likeness (QED) is 0.573. The molecule has 3 aromatic rings. The van der Waals surface area contributed by atoms with Crippen molar-refractivity contribution in [2.75, 3.05) is 6.61 Å². The second-order valence-electron chi connectivity index (χ2n) is 8.35. The Morgan fingerprint density at radius 3 is 2.44 bits per heavy atom. The maximum atomic E-state index is 12.1. The Balaban J connectivity index is 1.47. The van der Waals surface area contributed by atoms with Gasteiger partial charge in [0.05, 0.1) is 11.3 Å². The summed E-state index contributed by atoms with van der Waals surface area (Å²) in [5.41, 5.74) is 2.52. The molecule has 0 atom stereocenters. The van der Waals surface area contributed by atoms with Gasteiger partial charge in [-0.2, -0.15) is 0 Å². The van der Waals surface area contributed by atoms with Crippen LogP contribution in [0.5, 0.6) is 5.75 Å². The van der Waals surface area contributed by atoms with Crippen molar-refractivity contribution in [1.82, 2.24) is 20.0 Å². The average Bonchev–Trinajstić information content (AvgIpc) is 3.11. The first-order valence-electron chi connectivity index (χ1n) is 10.1. The van der Waals surface area contributed by atoms with Crippen molar-refractivity contribution in [3.63, 3.8) is 0 Å². The van der Waals surface area contributed by atoms with E-state index in [0.717, 1.165) is 16.9 Å². The van der Waals surface area contributed by atoms with E-state index in [0.29, 0.717) is 5.75 Å². The molecule has 0 fully saturated rings. The van der Waals surface area contributed by atoms with Gasteiger partial charge in [-0.3, -0.25) is 10.1 Å². The predicted octanol–water partition coefficient (Wildman–Crippen LogP) is 3.00. The van der Waals surface area contributed by atoms with Crippen molar-refractivity contribution < 1.29 is 23.9 Å². The van der Waals surface area contributed by atoms with Gasteiger partial charge in [0.2, 0.25) is 0 Å². The standard InChI is InChI=1S/C23H26N4O5/c1-15-5-10-19-24-17(12-27(19)11-15)13-31-18-8-6-16(7-9-18)21(29)32-14-20(28)25-22(30)26-23(2,3)4/h5-12H,13-14H2,1-4H3,(H2,25,26,28,30). The average molecular weight is 438 g/mol. The number of urea groups is 1. The van der Waals surface area contributed by atoms with Crippen molar-refractivity contribution >= 4 is 23.6 Å². The van der Waals surface area contributed by atoms with Gasteiger partial charge < -0.3 is 19.2 Å². The summed E-state index contributed by atoms with van der Waals surface area (Å²) in [4.78, 5) is 40.0. The van der Waals surface area contributed by atoms with Crippen LogP contribution in [0.2, 0.25) is 0 Å². The smallest absolute Gasteiger partial charge is 0.338 e. The second-order valence-corrected chi connectivity index (χ2v) is 8.35. The lowest BCUT2D eigenvalue weighted by atomic mass is 10.1. The molecule has 0 aliphatic carbocycles. The summed E-state index contributed by atoms with van der Waals surface area (Å²) in [6.07, 6.45) is 3.89. The van der Waals surface area contributed by atoms with Crippen LogP contribution in [0, 0.1) is 6.92 Å². The molecule has 3 rings (SSSR count). The van der Waals surface area contributed by atoms with Gasteiger partial charge in [-0.15, -0.1) is 0 Å². The molecule has 0 aliphatic heterocycles. The van der Waals surface area contributed by atoms with Crippen molar-refractivity contribution in [3.05, 3.63) is 65.6 Å². The van der Waals surface area contributed by atoms with E-state index in [1.54, 1.807) is 32.9 Å². The topological polar surface area (TPSA) is 111 Å². The molecular formula is C23H26N4O5. The number of amides is 3. The molecule has 0 unspecified atom stereocenters. The molecule has 0 radical (unpaired) electrons. The fraction of sp³-hybridized carbons (Fsp3) is 0.304. The molecule has 0 saturated carbocycles. The number of hydrogen-bond acceptors (Lipinski definition) is 6. The third kappa shape index (κ3) is 6.56. The number of ether oxygens (including phenoxy) is 2. The predicted molar refractivity (Wildman–Crippen MR) is 117 cm³/mol. The van der Waals surface area contributed by atoms with Crippen molar-refractivity contribution in [1.29, 1.82) is 0 Å².